The molecule has 0 aromatic heterocycles. The minimum absolute atomic E-state index is 0.0970. The molecule has 1 aromatic rings. The fourth-order valence-corrected chi connectivity index (χ4v) is 3.61. The average Bonchev–Trinajstić information content (AvgIpc) is 2.56. The highest BCUT2D eigenvalue weighted by molar-refractivity contribution is 8.07. The summed E-state index contributed by atoms with van der Waals surface area (Å²) >= 11 is 0. The lowest BCUT2D eigenvalue weighted by Crippen LogP contribution is -2.19. The van der Waals surface area contributed by atoms with Crippen LogP contribution in [0.5, 0.6) is 0 Å². The molecule has 1 aliphatic heterocycles. The van der Waals surface area contributed by atoms with E-state index in [0.717, 1.165) is 0 Å². The monoisotopic (exact) mass is 237 g/mol. The van der Waals surface area contributed by atoms with Crippen molar-refractivity contribution in [3.63, 3.8) is 0 Å². The molecule has 0 unspecified atom stereocenters. The first-order chi connectivity index (χ1) is 7.50. The second-order valence-electron chi connectivity index (χ2n) is 4.39. The smallest absolute Gasteiger partial charge is 0.197 e. The minimum atomic E-state index is -3.18. The third-order valence-corrected chi connectivity index (χ3v) is 4.47. The van der Waals surface area contributed by atoms with E-state index >= 15 is 0 Å². The molecule has 0 saturated carbocycles. The number of hydrogen-bond donors (Lipinski definition) is 0. The van der Waals surface area contributed by atoms with Crippen molar-refractivity contribution in [3.8, 4) is 0 Å². The van der Waals surface area contributed by atoms with Gasteiger partial charge in [-0.2, -0.15) is 0 Å². The molecule has 86 valence electrons. The van der Waals surface area contributed by atoms with Crippen LogP contribution in [-0.4, -0.2) is 25.3 Å². The molecular weight excluding hydrogens is 222 g/mol. The van der Waals surface area contributed by atoms with E-state index in [2.05, 4.69) is 4.99 Å². The van der Waals surface area contributed by atoms with Gasteiger partial charge in [-0.25, -0.2) is 8.42 Å². The zero-order chi connectivity index (χ0) is 11.8. The van der Waals surface area contributed by atoms with Gasteiger partial charge in [-0.05, 0) is 5.92 Å². The second kappa shape index (κ2) is 4.01. The van der Waals surface area contributed by atoms with Crippen molar-refractivity contribution in [2.24, 2.45) is 10.9 Å². The standard InChI is InChI=1S/C12H15NO2S/c1-9(2)11-8-16(14,15)12(13-11)10-6-4-3-5-7-10/h3-7,9,11H,8H2,1-2H3/t11-/m1/s1. The summed E-state index contributed by atoms with van der Waals surface area (Å²) in [5.74, 6) is 0.408. The van der Waals surface area contributed by atoms with Crippen molar-refractivity contribution < 1.29 is 8.42 Å². The Bertz CT molecular complexity index is 503. The molecule has 0 fully saturated rings. The Labute approximate surface area is 96.1 Å². The molecule has 1 atom stereocenters. The van der Waals surface area contributed by atoms with E-state index in [1.54, 1.807) is 12.1 Å². The molecule has 16 heavy (non-hydrogen) atoms. The molecule has 0 bridgehead atoms. The first-order valence-corrected chi connectivity index (χ1v) is 7.02. The number of rotatable bonds is 2. The number of sulfone groups is 1. The zero-order valence-corrected chi connectivity index (χ0v) is 10.2. The Balaban J connectivity index is 2.44. The Morgan fingerprint density at radius 3 is 2.38 bits per heavy atom. The summed E-state index contributed by atoms with van der Waals surface area (Å²) in [6.07, 6.45) is 0. The molecule has 0 aliphatic carbocycles. The first-order valence-electron chi connectivity index (χ1n) is 5.36. The molecule has 3 nitrogen and oxygen atoms in total. The summed E-state index contributed by atoms with van der Waals surface area (Å²) in [6, 6.07) is 9.01. The van der Waals surface area contributed by atoms with Gasteiger partial charge in [0.1, 0.15) is 0 Å². The summed E-state index contributed by atoms with van der Waals surface area (Å²) in [6.45, 7) is 4.00. The fraction of sp³-hybridized carbons (Fsp3) is 0.417. The fourth-order valence-electron chi connectivity index (χ4n) is 1.75. The van der Waals surface area contributed by atoms with Crippen LogP contribution >= 0.6 is 0 Å². The van der Waals surface area contributed by atoms with E-state index in [4.69, 9.17) is 0 Å². The molecule has 4 heteroatoms. The topological polar surface area (TPSA) is 46.5 Å². The first kappa shape index (κ1) is 11.3. The van der Waals surface area contributed by atoms with Gasteiger partial charge in [0.15, 0.2) is 14.9 Å². The van der Waals surface area contributed by atoms with Crippen LogP contribution in [0.2, 0.25) is 0 Å². The Morgan fingerprint density at radius 2 is 1.88 bits per heavy atom. The second-order valence-corrected chi connectivity index (χ2v) is 6.34. The maximum Gasteiger partial charge on any atom is 0.197 e. The van der Waals surface area contributed by atoms with Gasteiger partial charge in [0.05, 0.1) is 11.8 Å². The van der Waals surface area contributed by atoms with Gasteiger partial charge in [-0.1, -0.05) is 44.2 Å². The van der Waals surface area contributed by atoms with E-state index < -0.39 is 9.84 Å². The van der Waals surface area contributed by atoms with Gasteiger partial charge in [0.2, 0.25) is 0 Å². The Hall–Kier alpha value is -1.16. The van der Waals surface area contributed by atoms with Crippen molar-refractivity contribution in [1.82, 2.24) is 0 Å². The van der Waals surface area contributed by atoms with Crippen molar-refractivity contribution in [3.05, 3.63) is 35.9 Å². The average molecular weight is 237 g/mol. The van der Waals surface area contributed by atoms with Crippen LogP contribution < -0.4 is 0 Å². The summed E-state index contributed by atoms with van der Waals surface area (Å²) in [7, 11) is -3.18. The highest BCUT2D eigenvalue weighted by Gasteiger charge is 2.34. The van der Waals surface area contributed by atoms with Gasteiger partial charge in [-0.3, -0.25) is 4.99 Å². The van der Waals surface area contributed by atoms with E-state index in [1.165, 1.54) is 0 Å². The molecule has 0 amide bonds. The van der Waals surface area contributed by atoms with E-state index in [9.17, 15) is 8.42 Å². The Kier molecular flexibility index (Phi) is 2.84. The molecule has 2 rings (SSSR count). The van der Waals surface area contributed by atoms with Gasteiger partial charge < -0.3 is 0 Å². The van der Waals surface area contributed by atoms with Crippen molar-refractivity contribution in [1.29, 1.82) is 0 Å². The lowest BCUT2D eigenvalue weighted by molar-refractivity contribution is 0.532. The molecule has 1 heterocycles. The largest absolute Gasteiger partial charge is 0.268 e. The van der Waals surface area contributed by atoms with E-state index in [1.807, 2.05) is 32.0 Å². The van der Waals surface area contributed by atoms with Crippen LogP contribution in [0.25, 0.3) is 0 Å². The number of benzene rings is 1. The normalized spacial score (nSPS) is 23.4. The molecule has 0 radical (unpaired) electrons. The molecule has 1 aliphatic rings. The van der Waals surface area contributed by atoms with E-state index in [0.29, 0.717) is 5.56 Å². The predicted molar refractivity (Wildman–Crippen MR) is 65.4 cm³/mol. The highest BCUT2D eigenvalue weighted by Crippen LogP contribution is 2.22. The quantitative estimate of drug-likeness (QED) is 0.788. The van der Waals surface area contributed by atoms with Gasteiger partial charge in [-0.15, -0.1) is 0 Å². The van der Waals surface area contributed by atoms with Gasteiger partial charge in [0, 0.05) is 5.56 Å². The van der Waals surface area contributed by atoms with Gasteiger partial charge in [0.25, 0.3) is 0 Å². The maximum absolute atomic E-state index is 11.9. The third-order valence-electron chi connectivity index (χ3n) is 2.76. The lowest BCUT2D eigenvalue weighted by atomic mass is 10.1. The lowest BCUT2D eigenvalue weighted by Gasteiger charge is -2.07. The number of aliphatic imine (C=N–C) groups is 1. The van der Waals surface area contributed by atoms with E-state index in [-0.39, 0.29) is 22.8 Å². The highest BCUT2D eigenvalue weighted by atomic mass is 32.2. The molecule has 0 saturated heterocycles. The molecule has 0 N–H and O–H groups in total. The van der Waals surface area contributed by atoms with Crippen molar-refractivity contribution in [2.75, 3.05) is 5.75 Å². The molecular formula is C12H15NO2S. The summed E-state index contributed by atoms with van der Waals surface area (Å²) in [5, 5.41) is 0.256. The summed E-state index contributed by atoms with van der Waals surface area (Å²) in [5.41, 5.74) is 0.700. The minimum Gasteiger partial charge on any atom is -0.268 e. The van der Waals surface area contributed by atoms with Gasteiger partial charge >= 0.3 is 0 Å². The number of hydrogen-bond acceptors (Lipinski definition) is 3. The Morgan fingerprint density at radius 1 is 1.25 bits per heavy atom. The van der Waals surface area contributed by atoms with Crippen LogP contribution in [-0.2, 0) is 9.84 Å². The zero-order valence-electron chi connectivity index (χ0n) is 9.42. The molecule has 1 aromatic carbocycles. The van der Waals surface area contributed by atoms with Crippen molar-refractivity contribution in [2.45, 2.75) is 19.9 Å². The van der Waals surface area contributed by atoms with Crippen LogP contribution in [0.3, 0.4) is 0 Å². The SMILES string of the molecule is CC(C)[C@H]1CS(=O)(=O)C(c2ccccc2)=N1. The number of nitrogens with zero attached hydrogens (tertiary/aromatic N) is 1. The summed E-state index contributed by atoms with van der Waals surface area (Å²) < 4.78 is 23.9. The predicted octanol–water partition coefficient (Wildman–Crippen LogP) is 1.89. The maximum atomic E-state index is 11.9. The van der Waals surface area contributed by atoms with Crippen LogP contribution in [0.4, 0.5) is 0 Å². The van der Waals surface area contributed by atoms with Crippen LogP contribution in [0.15, 0.2) is 35.3 Å². The third kappa shape index (κ3) is 2.02. The van der Waals surface area contributed by atoms with Crippen molar-refractivity contribution >= 4 is 14.9 Å². The van der Waals surface area contributed by atoms with Crippen LogP contribution in [0.1, 0.15) is 19.4 Å². The summed E-state index contributed by atoms with van der Waals surface area (Å²) in [4.78, 5) is 4.34. The molecule has 0 spiro atoms. The van der Waals surface area contributed by atoms with Crippen LogP contribution in [0, 0.1) is 5.92 Å².